The van der Waals surface area contributed by atoms with E-state index < -0.39 is 24.3 Å². The first-order valence-corrected chi connectivity index (χ1v) is 11.7. The minimum Gasteiger partial charge on any atom is -0.475 e. The third-order valence-corrected chi connectivity index (χ3v) is 6.54. The third kappa shape index (κ3) is 9.15. The molecule has 1 atom stereocenters. The fourth-order valence-electron chi connectivity index (χ4n) is 4.21. The van der Waals surface area contributed by atoms with Gasteiger partial charge in [-0.05, 0) is 38.5 Å². The number of aromatic nitrogens is 2. The van der Waals surface area contributed by atoms with E-state index in [-0.39, 0.29) is 24.2 Å². The first-order valence-electron chi connectivity index (χ1n) is 11.7. The smallest absolute Gasteiger partial charge is 0.475 e. The van der Waals surface area contributed by atoms with Crippen molar-refractivity contribution in [3.8, 4) is 0 Å². The van der Waals surface area contributed by atoms with Crippen molar-refractivity contribution in [1.29, 1.82) is 0 Å². The van der Waals surface area contributed by atoms with Gasteiger partial charge >= 0.3 is 24.3 Å². The molecule has 1 unspecified atom stereocenters. The van der Waals surface area contributed by atoms with Crippen LogP contribution in [0, 0.1) is 5.92 Å². The third-order valence-electron chi connectivity index (χ3n) is 6.54. The number of carbonyl (C=O) groups is 3. The predicted molar refractivity (Wildman–Crippen MR) is 118 cm³/mol. The SMILES string of the molecule is CC1N(CC2CC2)C(=O)COC12CCN(Cc1cnn(C)c1)CC2.O=C(O)C(F)(F)F.O=C(O)C(F)(F)F. The average Bonchev–Trinajstić information content (AvgIpc) is 3.54. The number of rotatable bonds is 4. The van der Waals surface area contributed by atoms with E-state index in [1.807, 2.05) is 17.9 Å². The normalized spacial score (nSPS) is 21.7. The molecule has 3 aliphatic rings. The number of nitrogens with zero attached hydrogens (tertiary/aromatic N) is 4. The van der Waals surface area contributed by atoms with Gasteiger partial charge < -0.3 is 19.8 Å². The van der Waals surface area contributed by atoms with Gasteiger partial charge in [0.2, 0.25) is 5.91 Å². The highest BCUT2D eigenvalue weighted by atomic mass is 19.4. The number of carboxylic acid groups (broad SMARTS) is 2. The number of carbonyl (C=O) groups excluding carboxylic acids is 1. The standard InChI is InChI=1S/C18H28N4O2.2C2HF3O2/c1-14-18(24-13-17(23)22(14)12-15-3-4-15)5-7-21(8-6-18)11-16-9-19-20(2)10-16;2*3-2(4,5)1(6)7/h9-10,14-15H,3-8,11-13H2,1-2H3;2*(H,6,7). The number of morpholine rings is 1. The van der Waals surface area contributed by atoms with Gasteiger partial charge in [-0.1, -0.05) is 0 Å². The molecule has 2 aliphatic heterocycles. The average molecular weight is 560 g/mol. The van der Waals surface area contributed by atoms with Crippen LogP contribution in [0.5, 0.6) is 0 Å². The second-order valence-corrected chi connectivity index (χ2v) is 9.42. The summed E-state index contributed by atoms with van der Waals surface area (Å²) < 4.78 is 71.5. The van der Waals surface area contributed by atoms with Crippen LogP contribution in [0.3, 0.4) is 0 Å². The van der Waals surface area contributed by atoms with E-state index in [9.17, 15) is 31.1 Å². The van der Waals surface area contributed by atoms with E-state index in [1.165, 1.54) is 18.4 Å². The van der Waals surface area contributed by atoms with E-state index in [2.05, 4.69) is 28.0 Å². The molecule has 1 saturated carbocycles. The lowest BCUT2D eigenvalue weighted by atomic mass is 9.82. The molecule has 4 rings (SSSR count). The molecule has 2 saturated heterocycles. The summed E-state index contributed by atoms with van der Waals surface area (Å²) >= 11 is 0. The van der Waals surface area contributed by atoms with Crippen molar-refractivity contribution < 1.29 is 55.7 Å². The van der Waals surface area contributed by atoms with E-state index in [4.69, 9.17) is 24.5 Å². The highest BCUT2D eigenvalue weighted by Gasteiger charge is 2.48. The van der Waals surface area contributed by atoms with Gasteiger partial charge in [0.15, 0.2) is 0 Å². The van der Waals surface area contributed by atoms with Crippen LogP contribution in [0.1, 0.15) is 38.2 Å². The number of amides is 1. The second kappa shape index (κ2) is 12.3. The summed E-state index contributed by atoms with van der Waals surface area (Å²) in [6.07, 6.45) is -1.57. The number of carboxylic acids is 2. The molecule has 10 nitrogen and oxygen atoms in total. The molecular formula is C22H30F6N4O6. The topological polar surface area (TPSA) is 125 Å². The molecule has 16 heteroatoms. The molecule has 38 heavy (non-hydrogen) atoms. The van der Waals surface area contributed by atoms with Crippen LogP contribution in [0.15, 0.2) is 12.4 Å². The molecule has 1 aromatic heterocycles. The number of halogens is 6. The number of hydrogen-bond acceptors (Lipinski definition) is 6. The van der Waals surface area contributed by atoms with Crippen molar-refractivity contribution in [1.82, 2.24) is 19.6 Å². The number of aliphatic carboxylic acids is 2. The van der Waals surface area contributed by atoms with Crippen LogP contribution in [0.4, 0.5) is 26.3 Å². The zero-order valence-electron chi connectivity index (χ0n) is 20.8. The summed E-state index contributed by atoms with van der Waals surface area (Å²) in [7, 11) is 1.96. The van der Waals surface area contributed by atoms with Crippen molar-refractivity contribution >= 4 is 17.8 Å². The summed E-state index contributed by atoms with van der Waals surface area (Å²) in [5.41, 5.74) is 1.12. The molecular weight excluding hydrogens is 530 g/mol. The Morgan fingerprint density at radius 3 is 1.97 bits per heavy atom. The quantitative estimate of drug-likeness (QED) is 0.539. The van der Waals surface area contributed by atoms with Crippen molar-refractivity contribution in [3.05, 3.63) is 18.0 Å². The molecule has 1 aromatic rings. The van der Waals surface area contributed by atoms with E-state index in [0.717, 1.165) is 44.9 Å². The number of alkyl halides is 6. The predicted octanol–water partition coefficient (Wildman–Crippen LogP) is 2.68. The molecule has 3 fully saturated rings. The molecule has 0 aromatic carbocycles. The van der Waals surface area contributed by atoms with Gasteiger partial charge in [-0.25, -0.2) is 9.59 Å². The van der Waals surface area contributed by atoms with Crippen molar-refractivity contribution in [2.75, 3.05) is 26.2 Å². The van der Waals surface area contributed by atoms with Crippen molar-refractivity contribution in [2.45, 2.75) is 63.1 Å². The maximum absolute atomic E-state index is 12.3. The van der Waals surface area contributed by atoms with Gasteiger partial charge in [0.05, 0.1) is 17.8 Å². The van der Waals surface area contributed by atoms with Crippen molar-refractivity contribution in [3.63, 3.8) is 0 Å². The fraction of sp³-hybridized carbons (Fsp3) is 0.727. The Balaban J connectivity index is 0.000000301. The summed E-state index contributed by atoms with van der Waals surface area (Å²) in [6.45, 7) is 6.37. The lowest BCUT2D eigenvalue weighted by Crippen LogP contribution is -2.64. The number of ether oxygens (including phenoxy) is 1. The molecule has 0 bridgehead atoms. The van der Waals surface area contributed by atoms with Gasteiger partial charge in [0.1, 0.15) is 6.61 Å². The first-order chi connectivity index (χ1) is 17.4. The molecule has 1 spiro atoms. The maximum Gasteiger partial charge on any atom is 0.490 e. The lowest BCUT2D eigenvalue weighted by Gasteiger charge is -2.51. The molecule has 0 radical (unpaired) electrons. The summed E-state index contributed by atoms with van der Waals surface area (Å²) in [5.74, 6) is -4.60. The second-order valence-electron chi connectivity index (χ2n) is 9.42. The molecule has 216 valence electrons. The Labute approximate surface area is 214 Å². The molecule has 1 amide bonds. The lowest BCUT2D eigenvalue weighted by molar-refractivity contribution is -0.193. The Morgan fingerprint density at radius 1 is 1.08 bits per heavy atom. The summed E-state index contributed by atoms with van der Waals surface area (Å²) in [4.78, 5) is 34.7. The Hall–Kier alpha value is -2.88. The Kier molecular flexibility index (Phi) is 10.2. The highest BCUT2D eigenvalue weighted by molar-refractivity contribution is 5.79. The highest BCUT2D eigenvalue weighted by Crippen LogP contribution is 2.38. The first kappa shape index (κ1) is 31.3. The van der Waals surface area contributed by atoms with E-state index >= 15 is 0 Å². The van der Waals surface area contributed by atoms with Gasteiger partial charge in [0, 0.05) is 45.0 Å². The Bertz CT molecular complexity index is 946. The molecule has 3 heterocycles. The number of aryl methyl sites for hydroxylation is 1. The molecule has 1 aliphatic carbocycles. The van der Waals surface area contributed by atoms with E-state index in [1.54, 1.807) is 0 Å². The van der Waals surface area contributed by atoms with Gasteiger partial charge in [-0.3, -0.25) is 14.4 Å². The maximum atomic E-state index is 12.3. The Morgan fingerprint density at radius 2 is 1.58 bits per heavy atom. The summed E-state index contributed by atoms with van der Waals surface area (Å²) in [5, 5.41) is 18.5. The van der Waals surface area contributed by atoms with Gasteiger partial charge in [0.25, 0.3) is 0 Å². The number of likely N-dealkylation sites (tertiary alicyclic amines) is 1. The van der Waals surface area contributed by atoms with Crippen LogP contribution in [-0.2, 0) is 32.7 Å². The fourth-order valence-corrected chi connectivity index (χ4v) is 4.21. The van der Waals surface area contributed by atoms with Gasteiger partial charge in [-0.2, -0.15) is 31.4 Å². The van der Waals surface area contributed by atoms with Crippen LogP contribution in [0.2, 0.25) is 0 Å². The largest absolute Gasteiger partial charge is 0.490 e. The number of hydrogen-bond donors (Lipinski definition) is 2. The van der Waals surface area contributed by atoms with Gasteiger partial charge in [-0.15, -0.1) is 0 Å². The zero-order valence-corrected chi connectivity index (χ0v) is 20.8. The van der Waals surface area contributed by atoms with Crippen molar-refractivity contribution in [2.24, 2.45) is 13.0 Å². The minimum atomic E-state index is -5.08. The molecule has 2 N–H and O–H groups in total. The van der Waals surface area contributed by atoms with E-state index in [0.29, 0.717) is 0 Å². The van der Waals surface area contributed by atoms with Crippen LogP contribution >= 0.6 is 0 Å². The van der Waals surface area contributed by atoms with Crippen LogP contribution in [0.25, 0.3) is 0 Å². The summed E-state index contributed by atoms with van der Waals surface area (Å²) in [6, 6.07) is 0.194. The monoisotopic (exact) mass is 560 g/mol. The van der Waals surface area contributed by atoms with Crippen LogP contribution < -0.4 is 0 Å². The number of piperidine rings is 1. The van der Waals surface area contributed by atoms with Crippen LogP contribution in [-0.4, -0.2) is 97.9 Å². The minimum absolute atomic E-state index is 0.145. The zero-order chi connectivity index (χ0) is 28.9.